The number of pyridine rings is 2. The molecular weight excluding hydrogens is 1510 g/mol. The van der Waals surface area contributed by atoms with E-state index in [1.54, 1.807) is 77.7 Å². The van der Waals surface area contributed by atoms with Crippen molar-refractivity contribution in [3.8, 4) is 23.3 Å². The summed E-state index contributed by atoms with van der Waals surface area (Å²) < 4.78 is 87.4. The Kier molecular flexibility index (Phi) is 27.5. The Labute approximate surface area is 651 Å². The number of hydrogen-bond donors (Lipinski definition) is 6. The third kappa shape index (κ3) is 20.6. The molecule has 0 spiro atoms. The van der Waals surface area contributed by atoms with Gasteiger partial charge in [-0.1, -0.05) is 114 Å². The number of sulfonamides is 2. The molecule has 6 aliphatic rings. The average molecular weight is 1610 g/mol. The third-order valence-corrected chi connectivity index (χ3v) is 23.5. The molecule has 0 unspecified atom stereocenters. The standard InChI is InChI=1S/C38H45N5O9S.C30H39N5O7S.C8H7ClO2.2ClH/c1-6-25-20-38(25,35(46)42-53(48,49)28-13-14-28)41-32(44)30-19-27(52-33-29-15-12-26(50-5)18-24(29)16-17-39-33)21-43(30)34(45)31(37(2,3)4)40-36(47)51-22-23-10-8-7-9-11-23;1-6-18-15-30(18,28(38)34-43(39,40)21-8-9-21)33-25(36)23-14-20(16-35(23)27(37)24(31)29(2,3)4)42-26-22-10-7-19(41-5)13-17(22)11-12-32-26;9-11-8(10)6-7-4-2-1-3-5-7;;/h6-12,15-18,25,27-28,30-31H,1,13-14,19-22H2,2-5H3,(H,40,47)(H,41,44)(H,42,46);6-7,10-13,18,20-21,23-24H,1,8-9,14-16,31H2,2-5H3,(H,33,36)(H,34,38);1-5H,6H2;2*1H/t25-,27-,30+,31-,38-;18-,20-,23+,24-,30-;;;/m11.../s1. The third-order valence-electron chi connectivity index (χ3n) is 19.7. The zero-order valence-electron chi connectivity index (χ0n) is 61.6. The first-order valence-corrected chi connectivity index (χ1v) is 38.5. The van der Waals surface area contributed by atoms with Crippen molar-refractivity contribution in [1.82, 2.24) is 45.2 Å². The van der Waals surface area contributed by atoms with E-state index < -0.39 is 148 Å². The van der Waals surface area contributed by atoms with Gasteiger partial charge in [-0.05, 0) is 120 Å². The monoisotopic (exact) mass is 1600 g/mol. The number of fused-ring (bicyclic) bond motifs is 2. The van der Waals surface area contributed by atoms with Crippen LogP contribution in [0.5, 0.6) is 23.3 Å². The van der Waals surface area contributed by atoms with Crippen LogP contribution < -0.4 is 50.1 Å². The van der Waals surface area contributed by atoms with Crippen LogP contribution in [0.15, 0.2) is 147 Å². The maximum absolute atomic E-state index is 14.5. The van der Waals surface area contributed by atoms with Crippen molar-refractivity contribution >= 4 is 126 Å². The Morgan fingerprint density at radius 3 is 1.41 bits per heavy atom. The Bertz CT molecular complexity index is 4610. The first-order chi connectivity index (χ1) is 50.7. The molecule has 588 valence electrons. The molecule has 109 heavy (non-hydrogen) atoms. The molecule has 4 heterocycles. The quantitative estimate of drug-likeness (QED) is 0.0295. The number of carbonyl (C=O) groups excluding carboxylic acids is 8. The van der Waals surface area contributed by atoms with E-state index in [9.17, 15) is 55.2 Å². The molecule has 6 aromatic rings. The van der Waals surface area contributed by atoms with Crippen molar-refractivity contribution in [3.63, 3.8) is 0 Å². The van der Waals surface area contributed by atoms with Gasteiger partial charge in [0.05, 0.1) is 50.3 Å². The van der Waals surface area contributed by atoms with E-state index in [0.29, 0.717) is 48.4 Å². The van der Waals surface area contributed by atoms with Gasteiger partial charge in [0.15, 0.2) is 0 Å². The number of alkyl carbamates (subject to hydrolysis) is 1. The number of methoxy groups -OCH3 is 2. The van der Waals surface area contributed by atoms with Crippen LogP contribution in [-0.2, 0) is 75.7 Å². The molecule has 7 N–H and O–H groups in total. The number of amides is 7. The lowest BCUT2D eigenvalue weighted by atomic mass is 9.85. The number of rotatable bonds is 25. The Morgan fingerprint density at radius 2 is 1.04 bits per heavy atom. The molecule has 0 radical (unpaired) electrons. The van der Waals surface area contributed by atoms with Crippen LogP contribution >= 0.6 is 36.7 Å². The van der Waals surface area contributed by atoms with E-state index in [2.05, 4.69) is 52.8 Å². The van der Waals surface area contributed by atoms with Gasteiger partial charge in [0.25, 0.3) is 11.8 Å². The number of halogens is 3. The van der Waals surface area contributed by atoms with Crippen molar-refractivity contribution in [2.75, 3.05) is 27.3 Å². The smallest absolute Gasteiger partial charge is 0.408 e. The Balaban J connectivity index is 0.000000240. The summed E-state index contributed by atoms with van der Waals surface area (Å²) in [7, 11) is -4.59. The van der Waals surface area contributed by atoms with Gasteiger partial charge < -0.3 is 59.5 Å². The molecule has 33 heteroatoms. The molecule has 12 rings (SSSR count). The van der Waals surface area contributed by atoms with Gasteiger partial charge in [0, 0.05) is 47.8 Å². The van der Waals surface area contributed by atoms with Crippen molar-refractivity contribution in [3.05, 3.63) is 158 Å². The van der Waals surface area contributed by atoms with Crippen LogP contribution in [-0.4, -0.2) is 169 Å². The highest BCUT2D eigenvalue weighted by atomic mass is 35.5. The van der Waals surface area contributed by atoms with Gasteiger partial charge in [0.1, 0.15) is 71.4 Å². The van der Waals surface area contributed by atoms with Crippen molar-refractivity contribution < 1.29 is 83.2 Å². The number of likely N-dealkylation sites (tertiary alicyclic amines) is 2. The number of hydrogen-bond acceptors (Lipinski definition) is 21. The van der Waals surface area contributed by atoms with Crippen LogP contribution in [0, 0.1) is 22.7 Å². The minimum Gasteiger partial charge on any atom is -0.497 e. The summed E-state index contributed by atoms with van der Waals surface area (Å²) >= 11 is 4.85. The van der Waals surface area contributed by atoms with Gasteiger partial charge in [0.2, 0.25) is 55.4 Å². The van der Waals surface area contributed by atoms with E-state index in [4.69, 9.17) is 41.3 Å². The second-order valence-corrected chi connectivity index (χ2v) is 33.8. The summed E-state index contributed by atoms with van der Waals surface area (Å²) in [5.41, 5.74) is 3.55. The fourth-order valence-electron chi connectivity index (χ4n) is 12.8. The number of nitrogens with one attached hydrogen (secondary N) is 5. The average Bonchev–Trinajstić information content (AvgIpc) is 1.56. The van der Waals surface area contributed by atoms with E-state index in [0.717, 1.165) is 27.3 Å². The summed E-state index contributed by atoms with van der Waals surface area (Å²) in [5, 5.41) is 10.1. The summed E-state index contributed by atoms with van der Waals surface area (Å²) in [6.07, 6.45) is 6.61. The molecular formula is C76H93Cl3N10O18S2. The SMILES string of the molecule is C=C[C@@H]1C[C@]1(NC(=O)[C@@H]1C[C@@H](Oc2nccc3cc(OC)ccc23)CN1C(=O)[C@@H](N)C(C)(C)C)C(=O)NS(=O)(=O)C1CC1.C=C[C@@H]1C[C@]1(NC(=O)[C@@H]1C[C@@H](Oc2nccc3cc(OC)ccc23)CN1C(=O)[C@@H](NC(=O)OCc1ccccc1)C(C)(C)C)C(=O)NS(=O)(=O)C1CC1.Cl.Cl.O=C(Cc1ccccc1)OCl. The minimum atomic E-state index is -3.90. The molecule has 4 saturated carbocycles. The van der Waals surface area contributed by atoms with Crippen LogP contribution in [0.3, 0.4) is 0 Å². The molecule has 2 saturated heterocycles. The molecule has 4 aliphatic carbocycles. The molecule has 2 aliphatic heterocycles. The van der Waals surface area contributed by atoms with E-state index in [1.807, 2.05) is 99.6 Å². The number of carbonyl (C=O) groups is 8. The van der Waals surface area contributed by atoms with Gasteiger partial charge >= 0.3 is 12.1 Å². The molecule has 6 fully saturated rings. The van der Waals surface area contributed by atoms with Crippen LogP contribution in [0.1, 0.15) is 104 Å². The summed E-state index contributed by atoms with van der Waals surface area (Å²) in [5.74, 6) is -3.40. The fraction of sp³-hybridized carbons (Fsp3) is 0.447. The minimum absolute atomic E-state index is 0. The first-order valence-electron chi connectivity index (χ1n) is 35.1. The predicted molar refractivity (Wildman–Crippen MR) is 411 cm³/mol. The Hall–Kier alpha value is -9.33. The van der Waals surface area contributed by atoms with Gasteiger partial charge in [-0.25, -0.2) is 31.6 Å². The van der Waals surface area contributed by atoms with Crippen LogP contribution in [0.2, 0.25) is 0 Å². The molecule has 0 bridgehead atoms. The van der Waals surface area contributed by atoms with Crippen molar-refractivity contribution in [1.29, 1.82) is 0 Å². The highest BCUT2D eigenvalue weighted by Crippen LogP contribution is 2.47. The topological polar surface area (TPSA) is 379 Å². The number of aromatic nitrogens is 2. The van der Waals surface area contributed by atoms with E-state index in [1.165, 1.54) is 22.0 Å². The second kappa shape index (κ2) is 35.1. The highest BCUT2D eigenvalue weighted by molar-refractivity contribution is 7.91. The highest BCUT2D eigenvalue weighted by Gasteiger charge is 2.64. The van der Waals surface area contributed by atoms with E-state index in [-0.39, 0.29) is 82.5 Å². The van der Waals surface area contributed by atoms with Gasteiger partial charge in [-0.3, -0.25) is 43.0 Å². The molecule has 7 amide bonds. The maximum atomic E-state index is 14.5. The number of nitrogens with two attached hydrogens (primary N) is 1. The van der Waals surface area contributed by atoms with Gasteiger partial charge in [-0.15, -0.1) is 38.0 Å². The van der Waals surface area contributed by atoms with E-state index >= 15 is 0 Å². The summed E-state index contributed by atoms with van der Waals surface area (Å²) in [6, 6.07) is 28.7. The van der Waals surface area contributed by atoms with Crippen molar-refractivity contribution in [2.45, 2.75) is 164 Å². The van der Waals surface area contributed by atoms with Crippen LogP contribution in [0.4, 0.5) is 4.79 Å². The number of benzene rings is 4. The summed E-state index contributed by atoms with van der Waals surface area (Å²) in [4.78, 5) is 118. The molecule has 28 nitrogen and oxygen atoms in total. The lowest BCUT2D eigenvalue weighted by Crippen LogP contribution is -2.60. The Morgan fingerprint density at radius 1 is 0.615 bits per heavy atom. The largest absolute Gasteiger partial charge is 0.497 e. The first kappa shape index (κ1) is 85.3. The zero-order chi connectivity index (χ0) is 77.6. The molecule has 10 atom stereocenters. The second-order valence-electron chi connectivity index (χ2n) is 29.7. The van der Waals surface area contributed by atoms with Crippen molar-refractivity contribution in [2.24, 2.45) is 28.4 Å². The number of ether oxygens (including phenoxy) is 5. The predicted octanol–water partition coefficient (Wildman–Crippen LogP) is 8.01. The maximum Gasteiger partial charge on any atom is 0.408 e. The lowest BCUT2D eigenvalue weighted by molar-refractivity contribution is -0.143. The van der Waals surface area contributed by atoms with Crippen LogP contribution in [0.25, 0.3) is 21.5 Å². The summed E-state index contributed by atoms with van der Waals surface area (Å²) in [6.45, 7) is 18.3. The molecule has 4 aromatic carbocycles. The lowest BCUT2D eigenvalue weighted by Gasteiger charge is -2.35. The molecule has 2 aromatic heterocycles. The van der Waals surface area contributed by atoms with Gasteiger partial charge in [-0.2, -0.15) is 0 Å². The zero-order valence-corrected chi connectivity index (χ0v) is 65.6. The number of nitrogens with zero attached hydrogens (tertiary/aromatic N) is 4. The normalized spacial score (nSPS) is 22.4. The fourth-order valence-corrected chi connectivity index (χ4v) is 15.6.